The SMILES string of the molecule is Cc1cc(Cl)cc(C(=O)Nc2ccc(C#CCO)cc2)c1. The van der Waals surface area contributed by atoms with Crippen LogP contribution in [0.4, 0.5) is 5.69 Å². The molecule has 0 heterocycles. The molecule has 0 atom stereocenters. The molecule has 4 heteroatoms. The van der Waals surface area contributed by atoms with Crippen LogP contribution in [0.5, 0.6) is 0 Å². The Morgan fingerprint density at radius 2 is 1.95 bits per heavy atom. The quantitative estimate of drug-likeness (QED) is 0.836. The maximum Gasteiger partial charge on any atom is 0.255 e. The predicted octanol–water partition coefficient (Wildman–Crippen LogP) is 3.24. The van der Waals surface area contributed by atoms with Gasteiger partial charge in [-0.3, -0.25) is 4.79 Å². The number of rotatable bonds is 2. The second-order valence-electron chi connectivity index (χ2n) is 4.51. The number of anilines is 1. The van der Waals surface area contributed by atoms with Gasteiger partial charge in [-0.2, -0.15) is 0 Å². The molecule has 1 amide bonds. The second kappa shape index (κ2) is 6.94. The molecule has 0 bridgehead atoms. The summed E-state index contributed by atoms with van der Waals surface area (Å²) in [5.74, 6) is 5.14. The lowest BCUT2D eigenvalue weighted by Crippen LogP contribution is -2.12. The molecule has 0 unspecified atom stereocenters. The molecule has 2 aromatic carbocycles. The summed E-state index contributed by atoms with van der Waals surface area (Å²) in [6.45, 7) is 1.71. The van der Waals surface area contributed by atoms with E-state index >= 15 is 0 Å². The van der Waals surface area contributed by atoms with Crippen LogP contribution >= 0.6 is 11.6 Å². The van der Waals surface area contributed by atoms with E-state index in [-0.39, 0.29) is 12.5 Å². The van der Waals surface area contributed by atoms with Crippen molar-refractivity contribution in [3.05, 3.63) is 64.2 Å². The first-order valence-corrected chi connectivity index (χ1v) is 6.74. The monoisotopic (exact) mass is 299 g/mol. The predicted molar refractivity (Wildman–Crippen MR) is 84.5 cm³/mol. The zero-order valence-corrected chi connectivity index (χ0v) is 12.2. The van der Waals surface area contributed by atoms with Crippen LogP contribution < -0.4 is 5.32 Å². The van der Waals surface area contributed by atoms with Crippen LogP contribution in [0.2, 0.25) is 5.02 Å². The summed E-state index contributed by atoms with van der Waals surface area (Å²) < 4.78 is 0. The molecule has 106 valence electrons. The minimum atomic E-state index is -0.213. The molecular formula is C17H14ClNO2. The van der Waals surface area contributed by atoms with Crippen molar-refractivity contribution in [2.75, 3.05) is 11.9 Å². The molecule has 2 rings (SSSR count). The molecule has 0 aliphatic heterocycles. The summed E-state index contributed by atoms with van der Waals surface area (Å²) >= 11 is 5.95. The van der Waals surface area contributed by atoms with Crippen LogP contribution in [0, 0.1) is 18.8 Å². The smallest absolute Gasteiger partial charge is 0.255 e. The summed E-state index contributed by atoms with van der Waals surface area (Å²) in [6.07, 6.45) is 0. The largest absolute Gasteiger partial charge is 0.384 e. The molecule has 0 saturated carbocycles. The van der Waals surface area contributed by atoms with Crippen molar-refractivity contribution in [1.29, 1.82) is 0 Å². The van der Waals surface area contributed by atoms with Crippen LogP contribution in [-0.2, 0) is 0 Å². The zero-order valence-electron chi connectivity index (χ0n) is 11.5. The van der Waals surface area contributed by atoms with Crippen LogP contribution in [0.25, 0.3) is 0 Å². The third kappa shape index (κ3) is 4.35. The van der Waals surface area contributed by atoms with E-state index in [1.54, 1.807) is 42.5 Å². The second-order valence-corrected chi connectivity index (χ2v) is 4.95. The molecule has 0 fully saturated rings. The van der Waals surface area contributed by atoms with E-state index in [1.165, 1.54) is 0 Å². The van der Waals surface area contributed by atoms with Crippen molar-refractivity contribution in [2.45, 2.75) is 6.92 Å². The van der Waals surface area contributed by atoms with E-state index in [0.29, 0.717) is 16.3 Å². The summed E-state index contributed by atoms with van der Waals surface area (Å²) in [5.41, 5.74) is 2.90. The Kier molecular flexibility index (Phi) is 4.99. The van der Waals surface area contributed by atoms with Crippen molar-refractivity contribution in [3.8, 4) is 11.8 Å². The standard InChI is InChI=1S/C17H14ClNO2/c1-12-9-14(11-15(18)10-12)17(21)19-16-6-4-13(5-7-16)3-2-8-20/h4-7,9-11,20H,8H2,1H3,(H,19,21). The van der Waals surface area contributed by atoms with Gasteiger partial charge in [-0.15, -0.1) is 0 Å². The fourth-order valence-electron chi connectivity index (χ4n) is 1.85. The lowest BCUT2D eigenvalue weighted by molar-refractivity contribution is 0.102. The Hall–Kier alpha value is -2.28. The van der Waals surface area contributed by atoms with Gasteiger partial charge in [0, 0.05) is 21.8 Å². The van der Waals surface area contributed by atoms with Crippen molar-refractivity contribution < 1.29 is 9.90 Å². The third-order valence-corrected chi connectivity index (χ3v) is 2.98. The topological polar surface area (TPSA) is 49.3 Å². The average Bonchev–Trinajstić information content (AvgIpc) is 2.45. The highest BCUT2D eigenvalue weighted by molar-refractivity contribution is 6.31. The Balaban J connectivity index is 2.12. The zero-order chi connectivity index (χ0) is 15.2. The molecule has 3 nitrogen and oxygen atoms in total. The number of carbonyl (C=O) groups is 1. The molecular weight excluding hydrogens is 286 g/mol. The van der Waals surface area contributed by atoms with E-state index in [4.69, 9.17) is 16.7 Å². The minimum Gasteiger partial charge on any atom is -0.384 e. The minimum absolute atomic E-state index is 0.174. The molecule has 2 N–H and O–H groups in total. The van der Waals surface area contributed by atoms with E-state index in [9.17, 15) is 4.79 Å². The third-order valence-electron chi connectivity index (χ3n) is 2.76. The Labute approximate surface area is 128 Å². The maximum atomic E-state index is 12.1. The van der Waals surface area contributed by atoms with Gasteiger partial charge in [0.15, 0.2) is 0 Å². The first kappa shape index (κ1) is 15.1. The Bertz CT molecular complexity index is 692. The number of aliphatic hydroxyl groups excluding tert-OH is 1. The van der Waals surface area contributed by atoms with Gasteiger partial charge in [0.1, 0.15) is 6.61 Å². The van der Waals surface area contributed by atoms with Crippen LogP contribution in [-0.4, -0.2) is 17.6 Å². The van der Waals surface area contributed by atoms with Crippen molar-refractivity contribution >= 4 is 23.2 Å². The van der Waals surface area contributed by atoms with E-state index in [0.717, 1.165) is 11.1 Å². The normalized spacial score (nSPS) is 9.67. The number of hydrogen-bond donors (Lipinski definition) is 2. The number of nitrogens with one attached hydrogen (secondary N) is 1. The summed E-state index contributed by atoms with van der Waals surface area (Å²) in [5, 5.41) is 12.0. The van der Waals surface area contributed by atoms with Gasteiger partial charge in [0.05, 0.1) is 0 Å². The maximum absolute atomic E-state index is 12.1. The molecule has 0 aliphatic rings. The number of amides is 1. The summed E-state index contributed by atoms with van der Waals surface area (Å²) in [6, 6.07) is 12.3. The first-order chi connectivity index (χ1) is 10.1. The van der Waals surface area contributed by atoms with Crippen molar-refractivity contribution in [1.82, 2.24) is 0 Å². The number of carbonyl (C=O) groups excluding carboxylic acids is 1. The average molecular weight is 300 g/mol. The van der Waals surface area contributed by atoms with Crippen LogP contribution in [0.1, 0.15) is 21.5 Å². The molecule has 0 saturated heterocycles. The molecule has 0 spiro atoms. The number of aliphatic hydroxyl groups is 1. The highest BCUT2D eigenvalue weighted by atomic mass is 35.5. The van der Waals surface area contributed by atoms with Gasteiger partial charge in [0.25, 0.3) is 5.91 Å². The number of halogens is 1. The van der Waals surface area contributed by atoms with Crippen LogP contribution in [0.3, 0.4) is 0 Å². The molecule has 0 radical (unpaired) electrons. The number of benzene rings is 2. The highest BCUT2D eigenvalue weighted by Crippen LogP contribution is 2.16. The van der Waals surface area contributed by atoms with Gasteiger partial charge < -0.3 is 10.4 Å². The number of aryl methyl sites for hydroxylation is 1. The molecule has 0 aromatic heterocycles. The van der Waals surface area contributed by atoms with Gasteiger partial charge in [-0.05, 0) is 55.0 Å². The summed E-state index contributed by atoms with van der Waals surface area (Å²) in [4.78, 5) is 12.1. The first-order valence-electron chi connectivity index (χ1n) is 6.37. The summed E-state index contributed by atoms with van der Waals surface area (Å²) in [7, 11) is 0. The lowest BCUT2D eigenvalue weighted by atomic mass is 10.1. The lowest BCUT2D eigenvalue weighted by Gasteiger charge is -2.06. The Morgan fingerprint density at radius 1 is 1.24 bits per heavy atom. The van der Waals surface area contributed by atoms with Crippen molar-refractivity contribution in [2.24, 2.45) is 0 Å². The van der Waals surface area contributed by atoms with E-state index < -0.39 is 0 Å². The van der Waals surface area contributed by atoms with Gasteiger partial charge in [-0.1, -0.05) is 23.4 Å². The van der Waals surface area contributed by atoms with Crippen molar-refractivity contribution in [3.63, 3.8) is 0 Å². The van der Waals surface area contributed by atoms with E-state index in [2.05, 4.69) is 17.2 Å². The molecule has 2 aromatic rings. The fourth-order valence-corrected chi connectivity index (χ4v) is 2.14. The Morgan fingerprint density at radius 3 is 2.57 bits per heavy atom. The van der Waals surface area contributed by atoms with Gasteiger partial charge in [0.2, 0.25) is 0 Å². The van der Waals surface area contributed by atoms with E-state index in [1.807, 2.05) is 6.92 Å². The molecule has 0 aliphatic carbocycles. The number of hydrogen-bond acceptors (Lipinski definition) is 2. The van der Waals surface area contributed by atoms with Crippen LogP contribution in [0.15, 0.2) is 42.5 Å². The van der Waals surface area contributed by atoms with Gasteiger partial charge >= 0.3 is 0 Å². The van der Waals surface area contributed by atoms with Gasteiger partial charge in [-0.25, -0.2) is 0 Å². The molecule has 21 heavy (non-hydrogen) atoms. The highest BCUT2D eigenvalue weighted by Gasteiger charge is 2.07. The fraction of sp³-hybridized carbons (Fsp3) is 0.118.